The molecule has 0 rings (SSSR count). The molecule has 0 radical (unpaired) electrons. The second-order valence-corrected chi connectivity index (χ2v) is 5.15. The van der Waals surface area contributed by atoms with Crippen molar-refractivity contribution in [1.82, 2.24) is 2.95 Å². The van der Waals surface area contributed by atoms with Crippen molar-refractivity contribution in [3.63, 3.8) is 0 Å². The van der Waals surface area contributed by atoms with Crippen molar-refractivity contribution in [2.24, 2.45) is 5.73 Å². The number of nitrogens with two attached hydrogens (primary N) is 1. The number of aliphatic carboxylic acids is 1. The molecule has 1 unspecified atom stereocenters. The summed E-state index contributed by atoms with van der Waals surface area (Å²) in [5.41, 5.74) is 3.73. The molecule has 3 N–H and O–H groups in total. The first-order valence-electron chi connectivity index (χ1n) is 3.44. The fourth-order valence-corrected chi connectivity index (χ4v) is 1.29. The zero-order valence-corrected chi connectivity index (χ0v) is 10.1. The van der Waals surface area contributed by atoms with Crippen LogP contribution in [0.4, 0.5) is 0 Å². The normalized spacial score (nSPS) is 15.4. The lowest BCUT2D eigenvalue weighted by Gasteiger charge is -2.27. The lowest BCUT2D eigenvalue weighted by Crippen LogP contribution is -2.43. The zero-order valence-electron chi connectivity index (χ0n) is 6.96. The van der Waals surface area contributed by atoms with Gasteiger partial charge in [0.25, 0.3) is 0 Å². The number of halogens is 2. The summed E-state index contributed by atoms with van der Waals surface area (Å²) in [6, 6.07) is 0. The average molecular weight is 318 g/mol. The lowest BCUT2D eigenvalue weighted by atomic mass is 9.97. The van der Waals surface area contributed by atoms with Crippen LogP contribution in [0.2, 0.25) is 0 Å². The van der Waals surface area contributed by atoms with Crippen molar-refractivity contribution >= 4 is 44.2 Å². The van der Waals surface area contributed by atoms with Crippen LogP contribution in [-0.2, 0) is 9.59 Å². The predicted molar refractivity (Wildman–Crippen MR) is 54.2 cm³/mol. The van der Waals surface area contributed by atoms with Gasteiger partial charge in [0.2, 0.25) is 5.91 Å². The molecule has 5 nitrogen and oxygen atoms in total. The number of carbonyl (C=O) groups is 2. The van der Waals surface area contributed by atoms with E-state index in [9.17, 15) is 9.59 Å². The lowest BCUT2D eigenvalue weighted by molar-refractivity contribution is -0.145. The maximum absolute atomic E-state index is 10.8. The van der Waals surface area contributed by atoms with Crippen molar-refractivity contribution in [3.8, 4) is 0 Å². The van der Waals surface area contributed by atoms with Gasteiger partial charge in [-0.1, -0.05) is 0 Å². The fourth-order valence-electron chi connectivity index (χ4n) is 0.630. The van der Waals surface area contributed by atoms with E-state index in [0.29, 0.717) is 0 Å². The van der Waals surface area contributed by atoms with Crippen LogP contribution < -0.4 is 5.73 Å². The third kappa shape index (κ3) is 3.61. The molecule has 0 saturated carbocycles. The van der Waals surface area contributed by atoms with Crippen LogP contribution in [0.1, 0.15) is 19.8 Å². The summed E-state index contributed by atoms with van der Waals surface area (Å²) >= 11 is 5.93. The minimum atomic E-state index is -1.19. The molecule has 13 heavy (non-hydrogen) atoms. The Kier molecular flexibility index (Phi) is 4.87. The van der Waals surface area contributed by atoms with E-state index in [1.54, 1.807) is 0 Å². The van der Waals surface area contributed by atoms with Crippen LogP contribution in [0, 0.1) is 0 Å². The molecule has 76 valence electrons. The van der Waals surface area contributed by atoms with E-state index < -0.39 is 17.4 Å². The first kappa shape index (κ1) is 12.9. The van der Waals surface area contributed by atoms with Crippen molar-refractivity contribution < 1.29 is 14.7 Å². The van der Waals surface area contributed by atoms with E-state index in [1.807, 2.05) is 0 Å². The summed E-state index contributed by atoms with van der Waals surface area (Å²) < 4.78 is 1.19. The first-order chi connectivity index (χ1) is 5.80. The molecule has 1 amide bonds. The molecule has 0 aromatic rings. The summed E-state index contributed by atoms with van der Waals surface area (Å²) in [4.78, 5) is 21.3. The highest BCUT2D eigenvalue weighted by molar-refractivity contribution is 9.21. The molecule has 0 heterocycles. The number of carboxylic acid groups (broad SMARTS) is 1. The number of rotatable bonds is 5. The van der Waals surface area contributed by atoms with Gasteiger partial charge in [-0.25, -0.2) is 0 Å². The fraction of sp³-hybridized carbons (Fsp3) is 0.667. The van der Waals surface area contributed by atoms with E-state index in [4.69, 9.17) is 10.8 Å². The number of hydrogen-bond donors (Lipinski definition) is 2. The van der Waals surface area contributed by atoms with E-state index >= 15 is 0 Å². The SMILES string of the molecule is CC(CCC(N)=O)(C(=O)O)N(Br)Br. The maximum atomic E-state index is 10.8. The van der Waals surface area contributed by atoms with Gasteiger partial charge in [0.1, 0.15) is 5.54 Å². The summed E-state index contributed by atoms with van der Waals surface area (Å²) in [5.74, 6) is -1.56. The Hall–Kier alpha value is -0.140. The highest BCUT2D eigenvalue weighted by Gasteiger charge is 2.38. The topological polar surface area (TPSA) is 83.6 Å². The van der Waals surface area contributed by atoms with Crippen LogP contribution in [0.5, 0.6) is 0 Å². The number of amides is 1. The summed E-state index contributed by atoms with van der Waals surface area (Å²) in [6.07, 6.45) is 0.157. The Balaban J connectivity index is 4.43. The highest BCUT2D eigenvalue weighted by Crippen LogP contribution is 2.28. The number of carboxylic acids is 1. The third-order valence-electron chi connectivity index (χ3n) is 1.69. The number of primary amides is 1. The van der Waals surface area contributed by atoms with Crippen LogP contribution in [-0.4, -0.2) is 25.5 Å². The molecule has 0 fully saturated rings. The number of carbonyl (C=O) groups excluding carboxylic acids is 1. The number of nitrogens with zero attached hydrogens (tertiary/aromatic N) is 1. The minimum Gasteiger partial charge on any atom is -0.480 e. The van der Waals surface area contributed by atoms with Gasteiger partial charge in [0.15, 0.2) is 0 Å². The molecule has 0 spiro atoms. The average Bonchev–Trinajstić information content (AvgIpc) is 1.99. The van der Waals surface area contributed by atoms with E-state index in [1.165, 1.54) is 9.88 Å². The Morgan fingerprint density at radius 3 is 2.23 bits per heavy atom. The Bertz CT molecular complexity index is 222. The Morgan fingerprint density at radius 2 is 2.00 bits per heavy atom. The quantitative estimate of drug-likeness (QED) is 0.741. The standard InChI is InChI=1S/C6H10Br2N2O3/c1-6(5(12)13,10(7)8)3-2-4(9)11/h2-3H2,1H3,(H2,9,11)(H,12,13). The highest BCUT2D eigenvalue weighted by atomic mass is 79.9. The van der Waals surface area contributed by atoms with E-state index in [2.05, 4.69) is 32.3 Å². The molecular weight excluding hydrogens is 308 g/mol. The van der Waals surface area contributed by atoms with Gasteiger partial charge >= 0.3 is 5.97 Å². The first-order valence-corrected chi connectivity index (χ1v) is 4.86. The van der Waals surface area contributed by atoms with Crippen LogP contribution in [0.25, 0.3) is 0 Å². The molecular formula is C6H10Br2N2O3. The van der Waals surface area contributed by atoms with E-state index in [0.717, 1.165) is 0 Å². The molecule has 0 aliphatic heterocycles. The monoisotopic (exact) mass is 316 g/mol. The molecule has 1 atom stereocenters. The van der Waals surface area contributed by atoms with Gasteiger partial charge in [0, 0.05) is 38.7 Å². The van der Waals surface area contributed by atoms with Gasteiger partial charge in [-0.3, -0.25) is 9.59 Å². The van der Waals surface area contributed by atoms with Crippen molar-refractivity contribution in [3.05, 3.63) is 0 Å². The maximum Gasteiger partial charge on any atom is 0.325 e. The third-order valence-corrected chi connectivity index (χ3v) is 3.26. The number of hydrogen-bond acceptors (Lipinski definition) is 3. The van der Waals surface area contributed by atoms with Crippen molar-refractivity contribution in [1.29, 1.82) is 0 Å². The van der Waals surface area contributed by atoms with E-state index in [-0.39, 0.29) is 12.8 Å². The molecule has 0 aromatic heterocycles. The molecule has 0 bridgehead atoms. The van der Waals surface area contributed by atoms with Crippen molar-refractivity contribution in [2.75, 3.05) is 0 Å². The Labute approximate surface area is 92.9 Å². The summed E-state index contributed by atoms with van der Waals surface area (Å²) in [7, 11) is 0. The molecule has 0 saturated heterocycles. The second kappa shape index (κ2) is 4.92. The van der Waals surface area contributed by atoms with Gasteiger partial charge in [-0.15, -0.1) is 0 Å². The van der Waals surface area contributed by atoms with Crippen LogP contribution in [0.15, 0.2) is 0 Å². The van der Waals surface area contributed by atoms with Gasteiger partial charge in [0.05, 0.1) is 0 Å². The summed E-state index contributed by atoms with van der Waals surface area (Å²) in [6.45, 7) is 1.47. The van der Waals surface area contributed by atoms with Gasteiger partial charge in [-0.2, -0.15) is 2.95 Å². The molecule has 0 aliphatic carbocycles. The molecule has 0 aliphatic rings. The smallest absolute Gasteiger partial charge is 0.325 e. The second-order valence-electron chi connectivity index (χ2n) is 2.78. The van der Waals surface area contributed by atoms with Gasteiger partial charge in [-0.05, 0) is 13.3 Å². The summed E-state index contributed by atoms with van der Waals surface area (Å²) in [5, 5.41) is 8.86. The Morgan fingerprint density at radius 1 is 1.54 bits per heavy atom. The van der Waals surface area contributed by atoms with Gasteiger partial charge < -0.3 is 10.8 Å². The zero-order chi connectivity index (χ0) is 10.6. The molecule has 0 aromatic carbocycles. The van der Waals surface area contributed by atoms with Crippen molar-refractivity contribution in [2.45, 2.75) is 25.3 Å². The van der Waals surface area contributed by atoms with Crippen LogP contribution in [0.3, 0.4) is 0 Å². The predicted octanol–water partition coefficient (Wildman–Crippen LogP) is 1.02. The van der Waals surface area contributed by atoms with Crippen LogP contribution >= 0.6 is 32.3 Å². The minimum absolute atomic E-state index is 0.0243. The largest absolute Gasteiger partial charge is 0.480 e. The molecule has 7 heteroatoms.